The van der Waals surface area contributed by atoms with Crippen molar-refractivity contribution in [1.82, 2.24) is 14.3 Å². The summed E-state index contributed by atoms with van der Waals surface area (Å²) in [5.41, 5.74) is 4.22. The quantitative estimate of drug-likeness (QED) is 0.609. The lowest BCUT2D eigenvalue weighted by Gasteiger charge is -2.21. The second kappa shape index (κ2) is 9.05. The summed E-state index contributed by atoms with van der Waals surface area (Å²) >= 11 is 0. The van der Waals surface area contributed by atoms with Gasteiger partial charge >= 0.3 is 0 Å². The molecule has 162 valence electrons. The number of aliphatic imine (C=N–C) groups is 1. The van der Waals surface area contributed by atoms with Crippen LogP contribution in [0.2, 0.25) is 0 Å². The summed E-state index contributed by atoms with van der Waals surface area (Å²) < 4.78 is 14.5. The van der Waals surface area contributed by atoms with Crippen LogP contribution in [0.3, 0.4) is 0 Å². The molecular weight excluding hydrogens is 396 g/mol. The Bertz CT molecular complexity index is 1160. The number of aromatic nitrogens is 3. The van der Waals surface area contributed by atoms with Crippen LogP contribution in [0.25, 0.3) is 0 Å². The lowest BCUT2D eigenvalue weighted by molar-refractivity contribution is 0.279. The van der Waals surface area contributed by atoms with E-state index in [-0.39, 0.29) is 6.61 Å². The molecule has 1 aromatic carbocycles. The Kier molecular flexibility index (Phi) is 6.03. The van der Waals surface area contributed by atoms with Crippen molar-refractivity contribution >= 4 is 22.9 Å². The molecule has 1 aliphatic heterocycles. The summed E-state index contributed by atoms with van der Waals surface area (Å²) in [5, 5.41) is 17.1. The maximum Gasteiger partial charge on any atom is 0.158 e. The van der Waals surface area contributed by atoms with E-state index in [2.05, 4.69) is 10.4 Å². The third-order valence-corrected chi connectivity index (χ3v) is 5.02. The maximum atomic E-state index is 9.44. The van der Waals surface area contributed by atoms with Crippen LogP contribution in [0, 0.1) is 0 Å². The topological polar surface area (TPSA) is 98.2 Å². The average molecular weight is 422 g/mol. The standard InChI is InChI=1S/C22H26N6O3/c1-27-14-15(12-24-27)20-13-23-19-5-6-21(28(7-4-8-29)22(19)26-20)25-16-9-17(30-2)11-18(10-16)31-3/h5-6,9-12,14,23,29H,4,7-8,13H2,1-3H3/b25-21+. The molecule has 0 atom stereocenters. The summed E-state index contributed by atoms with van der Waals surface area (Å²) in [6.45, 7) is 1.27. The molecule has 3 heterocycles. The van der Waals surface area contributed by atoms with Crippen molar-refractivity contribution in [3.8, 4) is 11.5 Å². The van der Waals surface area contributed by atoms with Gasteiger partial charge in [-0.05, 0) is 18.6 Å². The minimum Gasteiger partial charge on any atom is -0.497 e. The van der Waals surface area contributed by atoms with Crippen LogP contribution in [0.1, 0.15) is 12.0 Å². The molecule has 0 unspecified atom stereocenters. The lowest BCUT2D eigenvalue weighted by Crippen LogP contribution is -2.26. The minimum atomic E-state index is 0.0791. The molecular formula is C22H26N6O3. The number of nitrogens with zero attached hydrogens (tertiary/aromatic N) is 5. The van der Waals surface area contributed by atoms with Crippen molar-refractivity contribution in [3.63, 3.8) is 0 Å². The van der Waals surface area contributed by atoms with Crippen LogP contribution in [0.15, 0.2) is 52.7 Å². The van der Waals surface area contributed by atoms with Gasteiger partial charge < -0.3 is 24.5 Å². The zero-order chi connectivity index (χ0) is 21.8. The van der Waals surface area contributed by atoms with Crippen LogP contribution in [0.4, 0.5) is 17.2 Å². The Hall–Kier alpha value is -3.59. The van der Waals surface area contributed by atoms with Gasteiger partial charge in [0.05, 0.1) is 44.0 Å². The molecule has 0 amide bonds. The van der Waals surface area contributed by atoms with Crippen molar-refractivity contribution in [1.29, 1.82) is 0 Å². The molecule has 0 bridgehead atoms. The molecule has 9 nitrogen and oxygen atoms in total. The number of anilines is 1. The van der Waals surface area contributed by atoms with E-state index >= 15 is 0 Å². The highest BCUT2D eigenvalue weighted by Crippen LogP contribution is 2.30. The number of methoxy groups -OCH3 is 2. The summed E-state index contributed by atoms with van der Waals surface area (Å²) in [6, 6.07) is 9.42. The van der Waals surface area contributed by atoms with Gasteiger partial charge in [0, 0.05) is 50.2 Å². The van der Waals surface area contributed by atoms with Crippen molar-refractivity contribution in [2.24, 2.45) is 17.0 Å². The van der Waals surface area contributed by atoms with Gasteiger partial charge in [0.1, 0.15) is 17.0 Å². The first kappa shape index (κ1) is 20.7. The van der Waals surface area contributed by atoms with Gasteiger partial charge in [-0.3, -0.25) is 4.68 Å². The Morgan fingerprint density at radius 1 is 1.16 bits per heavy atom. The first-order valence-corrected chi connectivity index (χ1v) is 10.0. The highest BCUT2D eigenvalue weighted by atomic mass is 16.5. The largest absolute Gasteiger partial charge is 0.497 e. The summed E-state index contributed by atoms with van der Waals surface area (Å²) in [5.74, 6) is 2.10. The van der Waals surface area contributed by atoms with E-state index in [1.165, 1.54) is 0 Å². The highest BCUT2D eigenvalue weighted by Gasteiger charge is 2.17. The van der Waals surface area contributed by atoms with Gasteiger partial charge in [-0.2, -0.15) is 5.10 Å². The van der Waals surface area contributed by atoms with Crippen molar-refractivity contribution in [2.45, 2.75) is 13.0 Å². The van der Waals surface area contributed by atoms with E-state index in [0.29, 0.717) is 36.7 Å². The summed E-state index contributed by atoms with van der Waals surface area (Å²) in [4.78, 5) is 9.75. The number of rotatable bonds is 7. The molecule has 0 spiro atoms. The predicted octanol–water partition coefficient (Wildman–Crippen LogP) is 2.40. The van der Waals surface area contributed by atoms with E-state index in [1.54, 1.807) is 31.2 Å². The Labute approximate surface area is 180 Å². The van der Waals surface area contributed by atoms with E-state index in [4.69, 9.17) is 19.5 Å². The number of hydrogen-bond donors (Lipinski definition) is 2. The summed E-state index contributed by atoms with van der Waals surface area (Å²) in [6.07, 6.45) is 4.34. The van der Waals surface area contributed by atoms with Crippen LogP contribution < -0.4 is 20.3 Å². The molecule has 0 aliphatic carbocycles. The fourth-order valence-corrected chi connectivity index (χ4v) is 3.45. The van der Waals surface area contributed by atoms with Crippen molar-refractivity contribution in [3.05, 3.63) is 53.8 Å². The number of benzene rings is 1. The van der Waals surface area contributed by atoms with E-state index in [0.717, 1.165) is 28.3 Å². The minimum absolute atomic E-state index is 0.0791. The van der Waals surface area contributed by atoms with Gasteiger partial charge in [-0.15, -0.1) is 0 Å². The highest BCUT2D eigenvalue weighted by molar-refractivity contribution is 6.06. The second-order valence-corrected chi connectivity index (χ2v) is 7.16. The smallest absolute Gasteiger partial charge is 0.158 e. The molecule has 0 radical (unpaired) electrons. The normalized spacial score (nSPS) is 13.4. The van der Waals surface area contributed by atoms with E-state index in [1.807, 2.05) is 42.1 Å². The van der Waals surface area contributed by atoms with Crippen LogP contribution >= 0.6 is 0 Å². The van der Waals surface area contributed by atoms with Gasteiger partial charge in [0.15, 0.2) is 5.82 Å². The molecule has 31 heavy (non-hydrogen) atoms. The van der Waals surface area contributed by atoms with Gasteiger partial charge in [0.25, 0.3) is 0 Å². The van der Waals surface area contributed by atoms with Crippen LogP contribution in [-0.2, 0) is 13.6 Å². The number of pyridine rings is 1. The molecule has 9 heteroatoms. The number of fused-ring (bicyclic) bond motifs is 1. The molecule has 1 aliphatic rings. The third-order valence-electron chi connectivity index (χ3n) is 5.02. The Morgan fingerprint density at radius 3 is 2.58 bits per heavy atom. The van der Waals surface area contributed by atoms with Crippen molar-refractivity contribution in [2.75, 3.05) is 32.7 Å². The first-order valence-electron chi connectivity index (χ1n) is 10.0. The van der Waals surface area contributed by atoms with Gasteiger partial charge in [-0.1, -0.05) is 0 Å². The number of nitrogens with one attached hydrogen (secondary N) is 1. The van der Waals surface area contributed by atoms with Gasteiger partial charge in [-0.25, -0.2) is 9.98 Å². The monoisotopic (exact) mass is 422 g/mol. The molecule has 3 aromatic rings. The third kappa shape index (κ3) is 4.46. The second-order valence-electron chi connectivity index (χ2n) is 7.16. The van der Waals surface area contributed by atoms with E-state index in [9.17, 15) is 5.11 Å². The number of aliphatic hydroxyl groups is 1. The number of ether oxygens (including phenoxy) is 2. The molecule has 4 rings (SSSR count). The predicted molar refractivity (Wildman–Crippen MR) is 119 cm³/mol. The van der Waals surface area contributed by atoms with Gasteiger partial charge in [0.2, 0.25) is 0 Å². The molecule has 2 aromatic heterocycles. The fraction of sp³-hybridized carbons (Fsp3) is 0.318. The number of aryl methyl sites for hydroxylation is 1. The molecule has 0 fully saturated rings. The Morgan fingerprint density at radius 2 is 1.94 bits per heavy atom. The fourth-order valence-electron chi connectivity index (χ4n) is 3.45. The number of hydrogen-bond acceptors (Lipinski definition) is 7. The maximum absolute atomic E-state index is 9.44. The van der Waals surface area contributed by atoms with Crippen molar-refractivity contribution < 1.29 is 14.6 Å². The number of aliphatic hydroxyl groups excluding tert-OH is 1. The van der Waals surface area contributed by atoms with Crippen LogP contribution in [-0.4, -0.2) is 52.5 Å². The Balaban J connectivity index is 1.85. The molecule has 2 N–H and O–H groups in total. The molecule has 0 saturated carbocycles. The lowest BCUT2D eigenvalue weighted by atomic mass is 10.2. The zero-order valence-electron chi connectivity index (χ0n) is 17.9. The van der Waals surface area contributed by atoms with Crippen LogP contribution in [0.5, 0.6) is 11.5 Å². The summed E-state index contributed by atoms with van der Waals surface area (Å²) in [7, 11) is 5.10. The average Bonchev–Trinajstić information content (AvgIpc) is 3.23. The first-order chi connectivity index (χ1) is 15.1. The van der Waals surface area contributed by atoms with E-state index < -0.39 is 0 Å². The molecule has 0 saturated heterocycles. The zero-order valence-corrected chi connectivity index (χ0v) is 17.9. The SMILES string of the molecule is COc1cc(/N=c2\ccc3c(n2CCCO)N=C(c2cnn(C)c2)CN3)cc(OC)c1.